The molecule has 0 aliphatic carbocycles. The lowest BCUT2D eigenvalue weighted by Crippen LogP contribution is -1.94. The zero-order chi connectivity index (χ0) is 11.8. The normalized spacial score (nSPS) is 11.2. The zero-order valence-electron chi connectivity index (χ0n) is 10.2. The number of aromatic nitrogens is 1. The molecule has 2 aromatic carbocycles. The summed E-state index contributed by atoms with van der Waals surface area (Å²) in [6.07, 6.45) is 0. The molecule has 3 rings (SSSR count). The van der Waals surface area contributed by atoms with E-state index in [1.54, 1.807) is 0 Å². The van der Waals surface area contributed by atoms with Gasteiger partial charge in [-0.1, -0.05) is 24.3 Å². The van der Waals surface area contributed by atoms with E-state index in [0.717, 1.165) is 12.2 Å². The number of anilines is 1. The first-order valence-electron chi connectivity index (χ1n) is 6.04. The predicted octanol–water partition coefficient (Wildman–Crippen LogP) is 3.86. The van der Waals surface area contributed by atoms with E-state index >= 15 is 0 Å². The van der Waals surface area contributed by atoms with Gasteiger partial charge in [0.15, 0.2) is 0 Å². The molecule has 2 nitrogen and oxygen atoms in total. The molecule has 0 aliphatic heterocycles. The second-order valence-electron chi connectivity index (χ2n) is 4.24. The number of nitrogens with one attached hydrogen (secondary N) is 1. The molecule has 0 unspecified atom stereocenters. The molecule has 0 spiro atoms. The minimum absolute atomic E-state index is 0.997. The van der Waals surface area contributed by atoms with Crippen molar-refractivity contribution in [2.24, 2.45) is 0 Å². The molecule has 0 bridgehead atoms. The van der Waals surface area contributed by atoms with Crippen LogP contribution in [0, 0.1) is 0 Å². The highest BCUT2D eigenvalue weighted by molar-refractivity contribution is 6.08. The SMILES string of the molecule is CCn1c2ccccc2c2ccc(NC)cc21. The monoisotopic (exact) mass is 224 g/mol. The van der Waals surface area contributed by atoms with Crippen LogP contribution in [0.2, 0.25) is 0 Å². The maximum atomic E-state index is 3.20. The first-order chi connectivity index (χ1) is 8.35. The van der Waals surface area contributed by atoms with Crippen LogP contribution >= 0.6 is 0 Å². The summed E-state index contributed by atoms with van der Waals surface area (Å²) in [6.45, 7) is 3.19. The van der Waals surface area contributed by atoms with Crippen LogP contribution in [0.15, 0.2) is 42.5 Å². The molecule has 0 saturated heterocycles. The number of benzene rings is 2. The van der Waals surface area contributed by atoms with Crippen LogP contribution in [-0.4, -0.2) is 11.6 Å². The van der Waals surface area contributed by atoms with Crippen molar-refractivity contribution >= 4 is 27.5 Å². The van der Waals surface area contributed by atoms with E-state index in [4.69, 9.17) is 0 Å². The van der Waals surface area contributed by atoms with Gasteiger partial charge in [-0.15, -0.1) is 0 Å². The molecule has 2 heteroatoms. The maximum absolute atomic E-state index is 3.20. The fourth-order valence-electron chi connectivity index (χ4n) is 2.55. The van der Waals surface area contributed by atoms with Gasteiger partial charge in [0.25, 0.3) is 0 Å². The minimum Gasteiger partial charge on any atom is -0.388 e. The Morgan fingerprint density at radius 1 is 1.00 bits per heavy atom. The Morgan fingerprint density at radius 3 is 2.53 bits per heavy atom. The largest absolute Gasteiger partial charge is 0.388 e. The summed E-state index contributed by atoms with van der Waals surface area (Å²) in [5.41, 5.74) is 3.79. The van der Waals surface area contributed by atoms with E-state index in [9.17, 15) is 0 Å². The highest BCUT2D eigenvalue weighted by atomic mass is 15.0. The molecule has 17 heavy (non-hydrogen) atoms. The zero-order valence-corrected chi connectivity index (χ0v) is 10.2. The van der Waals surface area contributed by atoms with Crippen LogP contribution in [0.1, 0.15) is 6.92 Å². The fraction of sp³-hybridized carbons (Fsp3) is 0.200. The topological polar surface area (TPSA) is 17.0 Å². The molecule has 3 aromatic rings. The fourth-order valence-corrected chi connectivity index (χ4v) is 2.55. The molecular formula is C15H16N2. The van der Waals surface area contributed by atoms with Crippen LogP contribution in [0.25, 0.3) is 21.8 Å². The summed E-state index contributed by atoms with van der Waals surface area (Å²) in [5.74, 6) is 0. The van der Waals surface area contributed by atoms with Gasteiger partial charge in [0.2, 0.25) is 0 Å². The second-order valence-corrected chi connectivity index (χ2v) is 4.24. The quantitative estimate of drug-likeness (QED) is 0.699. The van der Waals surface area contributed by atoms with Gasteiger partial charge in [-0.25, -0.2) is 0 Å². The van der Waals surface area contributed by atoms with Gasteiger partial charge in [-0.05, 0) is 25.1 Å². The van der Waals surface area contributed by atoms with E-state index in [1.807, 2.05) is 7.05 Å². The van der Waals surface area contributed by atoms with Gasteiger partial charge in [0.05, 0.1) is 5.52 Å². The number of para-hydroxylation sites is 1. The van der Waals surface area contributed by atoms with Crippen molar-refractivity contribution in [2.75, 3.05) is 12.4 Å². The molecule has 86 valence electrons. The molecule has 0 amide bonds. The Hall–Kier alpha value is -1.96. The number of hydrogen-bond donors (Lipinski definition) is 1. The molecule has 0 atom stereocenters. The van der Waals surface area contributed by atoms with Crippen LogP contribution in [-0.2, 0) is 6.54 Å². The molecule has 1 heterocycles. The standard InChI is InChI=1S/C15H16N2/c1-3-17-14-7-5-4-6-12(14)13-9-8-11(16-2)10-15(13)17/h4-10,16H,3H2,1-2H3. The summed E-state index contributed by atoms with van der Waals surface area (Å²) < 4.78 is 2.37. The number of nitrogens with zero attached hydrogens (tertiary/aromatic N) is 1. The molecule has 1 aromatic heterocycles. The first kappa shape index (κ1) is 10.2. The first-order valence-corrected chi connectivity index (χ1v) is 6.04. The summed E-state index contributed by atoms with van der Waals surface area (Å²) >= 11 is 0. The number of rotatable bonds is 2. The average Bonchev–Trinajstić information content (AvgIpc) is 2.71. The van der Waals surface area contributed by atoms with E-state index < -0.39 is 0 Å². The van der Waals surface area contributed by atoms with Crippen molar-refractivity contribution in [3.8, 4) is 0 Å². The van der Waals surface area contributed by atoms with Crippen LogP contribution in [0.4, 0.5) is 5.69 Å². The summed E-state index contributed by atoms with van der Waals surface area (Å²) in [6, 6.07) is 15.2. The van der Waals surface area contributed by atoms with Crippen LogP contribution in [0.3, 0.4) is 0 Å². The lowest BCUT2D eigenvalue weighted by molar-refractivity contribution is 0.827. The van der Waals surface area contributed by atoms with E-state index in [1.165, 1.54) is 21.8 Å². The molecular weight excluding hydrogens is 208 g/mol. The Morgan fingerprint density at radius 2 is 1.76 bits per heavy atom. The second kappa shape index (κ2) is 3.81. The Bertz CT molecular complexity index is 680. The summed E-state index contributed by atoms with van der Waals surface area (Å²) in [7, 11) is 1.96. The van der Waals surface area contributed by atoms with Gasteiger partial charge in [-0.3, -0.25) is 0 Å². The summed E-state index contributed by atoms with van der Waals surface area (Å²) in [4.78, 5) is 0. The highest BCUT2D eigenvalue weighted by Gasteiger charge is 2.08. The number of hydrogen-bond acceptors (Lipinski definition) is 1. The van der Waals surface area contributed by atoms with Crippen LogP contribution in [0.5, 0.6) is 0 Å². The van der Waals surface area contributed by atoms with E-state index in [2.05, 4.69) is 59.3 Å². The highest BCUT2D eigenvalue weighted by Crippen LogP contribution is 2.30. The van der Waals surface area contributed by atoms with Crippen molar-refractivity contribution in [1.29, 1.82) is 0 Å². The minimum atomic E-state index is 0.997. The van der Waals surface area contributed by atoms with E-state index in [-0.39, 0.29) is 0 Å². The number of fused-ring (bicyclic) bond motifs is 3. The summed E-state index contributed by atoms with van der Waals surface area (Å²) in [5, 5.41) is 5.88. The molecule has 0 saturated carbocycles. The smallest absolute Gasteiger partial charge is 0.0511 e. The molecule has 0 radical (unpaired) electrons. The molecule has 1 N–H and O–H groups in total. The van der Waals surface area contributed by atoms with Gasteiger partial charge >= 0.3 is 0 Å². The predicted molar refractivity (Wildman–Crippen MR) is 74.7 cm³/mol. The maximum Gasteiger partial charge on any atom is 0.0511 e. The Balaban J connectivity index is 2.49. The van der Waals surface area contributed by atoms with Crippen molar-refractivity contribution < 1.29 is 0 Å². The third kappa shape index (κ3) is 1.41. The Labute approximate surface area is 101 Å². The van der Waals surface area contributed by atoms with Gasteiger partial charge in [0, 0.05) is 35.6 Å². The van der Waals surface area contributed by atoms with Gasteiger partial charge in [0.1, 0.15) is 0 Å². The third-order valence-electron chi connectivity index (χ3n) is 3.38. The Kier molecular flexibility index (Phi) is 2.29. The van der Waals surface area contributed by atoms with Gasteiger partial charge in [-0.2, -0.15) is 0 Å². The van der Waals surface area contributed by atoms with Crippen LogP contribution < -0.4 is 5.32 Å². The van der Waals surface area contributed by atoms with Crippen molar-refractivity contribution in [3.63, 3.8) is 0 Å². The van der Waals surface area contributed by atoms with Crippen molar-refractivity contribution in [3.05, 3.63) is 42.5 Å². The lowest BCUT2D eigenvalue weighted by Gasteiger charge is -2.04. The molecule has 0 fully saturated rings. The third-order valence-corrected chi connectivity index (χ3v) is 3.38. The van der Waals surface area contributed by atoms with Crippen molar-refractivity contribution in [1.82, 2.24) is 4.57 Å². The number of aryl methyl sites for hydroxylation is 1. The van der Waals surface area contributed by atoms with E-state index in [0.29, 0.717) is 0 Å². The lowest BCUT2D eigenvalue weighted by atomic mass is 10.1. The van der Waals surface area contributed by atoms with Gasteiger partial charge < -0.3 is 9.88 Å². The van der Waals surface area contributed by atoms with Crippen molar-refractivity contribution in [2.45, 2.75) is 13.5 Å². The average molecular weight is 224 g/mol. The molecule has 0 aliphatic rings.